The Morgan fingerprint density at radius 3 is 2.00 bits per heavy atom. The number of carboxylic acid groups (broad SMARTS) is 2. The summed E-state index contributed by atoms with van der Waals surface area (Å²) >= 11 is 0. The van der Waals surface area contributed by atoms with Gasteiger partial charge in [0.2, 0.25) is 0 Å². The SMILES string of the molecule is O=C(O)CC(OO)C(=O)O. The molecule has 0 heterocycles. The van der Waals surface area contributed by atoms with Gasteiger partial charge in [0.15, 0.2) is 6.10 Å². The van der Waals surface area contributed by atoms with Crippen LogP contribution < -0.4 is 0 Å². The van der Waals surface area contributed by atoms with E-state index in [4.69, 9.17) is 15.5 Å². The van der Waals surface area contributed by atoms with Gasteiger partial charge in [-0.15, -0.1) is 0 Å². The van der Waals surface area contributed by atoms with Gasteiger partial charge < -0.3 is 10.2 Å². The predicted molar refractivity (Wildman–Crippen MR) is 27.4 cm³/mol. The molecule has 0 bridgehead atoms. The van der Waals surface area contributed by atoms with E-state index in [1.54, 1.807) is 0 Å². The molecule has 0 fully saturated rings. The average molecular weight is 150 g/mol. The van der Waals surface area contributed by atoms with Gasteiger partial charge in [-0.05, 0) is 0 Å². The van der Waals surface area contributed by atoms with E-state index in [2.05, 4.69) is 4.89 Å². The fourth-order valence-corrected chi connectivity index (χ4v) is 0.328. The fourth-order valence-electron chi connectivity index (χ4n) is 0.328. The van der Waals surface area contributed by atoms with Gasteiger partial charge in [0.25, 0.3) is 0 Å². The molecule has 0 aliphatic carbocycles. The Bertz CT molecular complexity index is 141. The summed E-state index contributed by atoms with van der Waals surface area (Å²) in [4.78, 5) is 23.1. The van der Waals surface area contributed by atoms with Crippen molar-refractivity contribution in [3.63, 3.8) is 0 Å². The normalized spacial score (nSPS) is 12.5. The van der Waals surface area contributed by atoms with Crippen LogP contribution in [-0.2, 0) is 14.5 Å². The molecule has 6 heteroatoms. The molecule has 0 amide bonds. The molecule has 0 aliphatic heterocycles. The van der Waals surface area contributed by atoms with Crippen LogP contribution in [-0.4, -0.2) is 33.5 Å². The zero-order chi connectivity index (χ0) is 8.15. The maximum absolute atomic E-state index is 9.92. The summed E-state index contributed by atoms with van der Waals surface area (Å²) in [5.74, 6) is -2.86. The second kappa shape index (κ2) is 3.80. The van der Waals surface area contributed by atoms with Crippen LogP contribution in [0.3, 0.4) is 0 Å². The summed E-state index contributed by atoms with van der Waals surface area (Å²) < 4.78 is 0. The lowest BCUT2D eigenvalue weighted by Gasteiger charge is -2.02. The molecule has 0 saturated heterocycles. The van der Waals surface area contributed by atoms with Crippen molar-refractivity contribution in [3.05, 3.63) is 0 Å². The second-order valence-electron chi connectivity index (χ2n) is 1.53. The van der Waals surface area contributed by atoms with Gasteiger partial charge >= 0.3 is 11.9 Å². The highest BCUT2D eigenvalue weighted by Gasteiger charge is 2.21. The van der Waals surface area contributed by atoms with Crippen molar-refractivity contribution in [2.24, 2.45) is 0 Å². The topological polar surface area (TPSA) is 104 Å². The predicted octanol–water partition coefficient (Wildman–Crippen LogP) is -0.596. The minimum Gasteiger partial charge on any atom is -0.481 e. The molecule has 0 aliphatic rings. The Kier molecular flexibility index (Phi) is 3.37. The maximum Gasteiger partial charge on any atom is 0.336 e. The molecule has 0 aromatic carbocycles. The molecule has 0 saturated carbocycles. The monoisotopic (exact) mass is 150 g/mol. The molecule has 3 N–H and O–H groups in total. The van der Waals surface area contributed by atoms with Gasteiger partial charge in [0, 0.05) is 0 Å². The average Bonchev–Trinajstić information content (AvgIpc) is 1.81. The standard InChI is InChI=1S/C4H6O6/c5-3(6)1-2(10-9)4(7)8/h2,9H,1H2,(H,5,6)(H,7,8). The number of carboxylic acids is 2. The highest BCUT2D eigenvalue weighted by molar-refractivity contribution is 5.79. The van der Waals surface area contributed by atoms with E-state index in [0.717, 1.165) is 0 Å². The lowest BCUT2D eigenvalue weighted by Crippen LogP contribution is -2.25. The van der Waals surface area contributed by atoms with Crippen LogP contribution in [0.4, 0.5) is 0 Å². The van der Waals surface area contributed by atoms with Gasteiger partial charge in [0.1, 0.15) is 0 Å². The van der Waals surface area contributed by atoms with Gasteiger partial charge in [-0.1, -0.05) is 0 Å². The number of hydrogen-bond donors (Lipinski definition) is 3. The van der Waals surface area contributed by atoms with Crippen molar-refractivity contribution in [2.75, 3.05) is 0 Å². The van der Waals surface area contributed by atoms with Crippen LogP contribution >= 0.6 is 0 Å². The van der Waals surface area contributed by atoms with Gasteiger partial charge in [-0.2, -0.15) is 0 Å². The quantitative estimate of drug-likeness (QED) is 0.365. The Balaban J connectivity index is 3.83. The van der Waals surface area contributed by atoms with Crippen LogP contribution in [0, 0.1) is 0 Å². The van der Waals surface area contributed by atoms with E-state index in [9.17, 15) is 9.59 Å². The van der Waals surface area contributed by atoms with Crippen molar-refractivity contribution in [1.29, 1.82) is 0 Å². The number of hydrogen-bond acceptors (Lipinski definition) is 4. The third kappa shape index (κ3) is 3.00. The number of rotatable bonds is 4. The molecule has 0 spiro atoms. The Morgan fingerprint density at radius 2 is 1.90 bits per heavy atom. The van der Waals surface area contributed by atoms with Crippen LogP contribution in [0.2, 0.25) is 0 Å². The number of aliphatic carboxylic acids is 2. The molecule has 10 heavy (non-hydrogen) atoms. The van der Waals surface area contributed by atoms with E-state index in [1.807, 2.05) is 0 Å². The second-order valence-corrected chi connectivity index (χ2v) is 1.53. The van der Waals surface area contributed by atoms with Crippen molar-refractivity contribution >= 4 is 11.9 Å². The van der Waals surface area contributed by atoms with Crippen LogP contribution in [0.15, 0.2) is 0 Å². The van der Waals surface area contributed by atoms with E-state index >= 15 is 0 Å². The van der Waals surface area contributed by atoms with E-state index in [1.165, 1.54) is 0 Å². The van der Waals surface area contributed by atoms with Crippen LogP contribution in [0.1, 0.15) is 6.42 Å². The zero-order valence-corrected chi connectivity index (χ0v) is 4.85. The Hall–Kier alpha value is -1.14. The largest absolute Gasteiger partial charge is 0.481 e. The smallest absolute Gasteiger partial charge is 0.336 e. The number of carbonyl (C=O) groups is 2. The molecule has 6 nitrogen and oxygen atoms in total. The van der Waals surface area contributed by atoms with Gasteiger partial charge in [0.05, 0.1) is 6.42 Å². The fraction of sp³-hybridized carbons (Fsp3) is 0.500. The maximum atomic E-state index is 9.92. The zero-order valence-electron chi connectivity index (χ0n) is 4.85. The third-order valence-electron chi connectivity index (χ3n) is 0.763. The van der Waals surface area contributed by atoms with Gasteiger partial charge in [-0.3, -0.25) is 10.1 Å². The molecule has 0 aromatic rings. The summed E-state index contributed by atoms with van der Waals surface area (Å²) in [6.07, 6.45) is -2.44. The molecule has 0 aromatic heterocycles. The molecule has 58 valence electrons. The highest BCUT2D eigenvalue weighted by Crippen LogP contribution is 1.95. The first-order valence-corrected chi connectivity index (χ1v) is 2.32. The first-order valence-electron chi connectivity index (χ1n) is 2.32. The van der Waals surface area contributed by atoms with E-state index < -0.39 is 24.5 Å². The van der Waals surface area contributed by atoms with E-state index in [0.29, 0.717) is 0 Å². The summed E-state index contributed by atoms with van der Waals surface area (Å²) in [5.41, 5.74) is 0. The van der Waals surface area contributed by atoms with Crippen LogP contribution in [0.25, 0.3) is 0 Å². The molecular weight excluding hydrogens is 144 g/mol. The van der Waals surface area contributed by atoms with Gasteiger partial charge in [-0.25, -0.2) is 9.68 Å². The molecular formula is C4H6O6. The van der Waals surface area contributed by atoms with Crippen molar-refractivity contribution in [3.8, 4) is 0 Å². The summed E-state index contributed by atoms with van der Waals surface area (Å²) in [6, 6.07) is 0. The minimum atomic E-state index is -1.68. The third-order valence-corrected chi connectivity index (χ3v) is 0.763. The summed E-state index contributed by atoms with van der Waals surface area (Å²) in [6.45, 7) is 0. The van der Waals surface area contributed by atoms with Crippen LogP contribution in [0.5, 0.6) is 0 Å². The Morgan fingerprint density at radius 1 is 1.40 bits per heavy atom. The Labute approximate surface area is 55.6 Å². The molecule has 1 unspecified atom stereocenters. The minimum absolute atomic E-state index is 0.758. The van der Waals surface area contributed by atoms with Crippen molar-refractivity contribution in [1.82, 2.24) is 0 Å². The molecule has 0 rings (SSSR count). The van der Waals surface area contributed by atoms with Crippen molar-refractivity contribution in [2.45, 2.75) is 12.5 Å². The summed E-state index contributed by atoms with van der Waals surface area (Å²) in [7, 11) is 0. The van der Waals surface area contributed by atoms with E-state index in [-0.39, 0.29) is 0 Å². The van der Waals surface area contributed by atoms with Crippen molar-refractivity contribution < 1.29 is 29.9 Å². The lowest BCUT2D eigenvalue weighted by molar-refractivity contribution is -0.277. The molecule has 1 atom stereocenters. The summed E-state index contributed by atoms with van der Waals surface area (Å²) in [5, 5.41) is 23.9. The first kappa shape index (κ1) is 8.86. The highest BCUT2D eigenvalue weighted by atomic mass is 17.1. The molecule has 0 radical (unpaired) electrons. The first-order chi connectivity index (χ1) is 4.57. The lowest BCUT2D eigenvalue weighted by atomic mass is 10.3.